The third-order valence-corrected chi connectivity index (χ3v) is 6.01. The Hall–Kier alpha value is -5.11. The number of ether oxygens (including phenoxy) is 3. The lowest BCUT2D eigenvalue weighted by Gasteiger charge is -2.13. The van der Waals surface area contributed by atoms with Gasteiger partial charge in [0, 0.05) is 11.3 Å². The summed E-state index contributed by atoms with van der Waals surface area (Å²) >= 11 is 0. The van der Waals surface area contributed by atoms with Gasteiger partial charge >= 0.3 is 0 Å². The van der Waals surface area contributed by atoms with E-state index in [9.17, 15) is 9.59 Å². The van der Waals surface area contributed by atoms with Crippen molar-refractivity contribution in [3.05, 3.63) is 119 Å². The number of nitrogens with one attached hydrogen (secondary N) is 2. The summed E-state index contributed by atoms with van der Waals surface area (Å²) in [6, 6.07) is 27.7. The summed E-state index contributed by atoms with van der Waals surface area (Å²) in [6.45, 7) is 6.49. The first-order chi connectivity index (χ1) is 19.9. The Morgan fingerprint density at radius 1 is 0.829 bits per heavy atom. The summed E-state index contributed by atoms with van der Waals surface area (Å²) in [5, 5.41) is 6.93. The third kappa shape index (κ3) is 8.69. The van der Waals surface area contributed by atoms with Crippen LogP contribution < -0.4 is 25.0 Å². The number of hydrogen-bond acceptors (Lipinski definition) is 6. The summed E-state index contributed by atoms with van der Waals surface area (Å²) in [7, 11) is 0. The van der Waals surface area contributed by atoms with E-state index >= 15 is 0 Å². The minimum Gasteiger partial charge on any atom is -0.490 e. The van der Waals surface area contributed by atoms with E-state index in [4.69, 9.17) is 14.2 Å². The van der Waals surface area contributed by atoms with Gasteiger partial charge in [-0.15, -0.1) is 0 Å². The lowest BCUT2D eigenvalue weighted by molar-refractivity contribution is -0.118. The molecule has 0 radical (unpaired) electrons. The molecule has 41 heavy (non-hydrogen) atoms. The van der Waals surface area contributed by atoms with Gasteiger partial charge in [-0.25, -0.2) is 5.43 Å². The van der Waals surface area contributed by atoms with Crippen LogP contribution >= 0.6 is 0 Å². The number of carbonyl (C=O) groups is 2. The lowest BCUT2D eigenvalue weighted by atomic mass is 10.1. The zero-order chi connectivity index (χ0) is 29.0. The standard InChI is InChI=1S/C33H33N3O5/c1-4-39-31-19-27(14-16-30(31)41-21-25-9-6-5-7-10-25)33(38)36-34-20-26-11-8-12-28(18-26)40-22-32(37)35-29-15-13-23(2)17-24(29)3/h5-20H,4,21-22H2,1-3H3,(H,35,37)(H,36,38)/b34-20+. The van der Waals surface area contributed by atoms with Gasteiger partial charge in [0.15, 0.2) is 18.1 Å². The number of anilines is 1. The van der Waals surface area contributed by atoms with Crippen LogP contribution in [0.1, 0.15) is 39.5 Å². The number of benzene rings is 4. The molecule has 0 heterocycles. The van der Waals surface area contributed by atoms with Crippen LogP contribution in [0.5, 0.6) is 17.2 Å². The molecule has 0 unspecified atom stereocenters. The fourth-order valence-electron chi connectivity index (χ4n) is 3.98. The number of amides is 2. The van der Waals surface area contributed by atoms with Crippen molar-refractivity contribution in [2.45, 2.75) is 27.4 Å². The molecule has 4 aromatic carbocycles. The molecule has 0 fully saturated rings. The summed E-state index contributed by atoms with van der Waals surface area (Å²) in [6.07, 6.45) is 1.50. The summed E-state index contributed by atoms with van der Waals surface area (Å²) < 4.78 is 17.3. The largest absolute Gasteiger partial charge is 0.490 e. The van der Waals surface area contributed by atoms with Gasteiger partial charge in [-0.05, 0) is 73.9 Å². The van der Waals surface area contributed by atoms with Crippen LogP contribution in [0.3, 0.4) is 0 Å². The van der Waals surface area contributed by atoms with E-state index in [0.29, 0.717) is 41.6 Å². The van der Waals surface area contributed by atoms with E-state index in [1.54, 1.807) is 36.4 Å². The van der Waals surface area contributed by atoms with Crippen molar-refractivity contribution in [2.75, 3.05) is 18.5 Å². The van der Waals surface area contributed by atoms with Crippen LogP contribution in [0, 0.1) is 13.8 Å². The Balaban J connectivity index is 1.31. The number of rotatable bonds is 12. The van der Waals surface area contributed by atoms with E-state index in [2.05, 4.69) is 15.8 Å². The van der Waals surface area contributed by atoms with Gasteiger partial charge in [-0.2, -0.15) is 5.10 Å². The second kappa shape index (κ2) is 14.3. The maximum Gasteiger partial charge on any atom is 0.271 e. The molecule has 0 saturated carbocycles. The third-order valence-electron chi connectivity index (χ3n) is 6.01. The molecule has 0 spiro atoms. The number of hydrazone groups is 1. The minimum absolute atomic E-state index is 0.141. The topological polar surface area (TPSA) is 98.3 Å². The summed E-state index contributed by atoms with van der Waals surface area (Å²) in [5.74, 6) is 0.878. The highest BCUT2D eigenvalue weighted by atomic mass is 16.5. The quantitative estimate of drug-likeness (QED) is 0.165. The average Bonchev–Trinajstić information content (AvgIpc) is 2.98. The molecule has 0 aliphatic rings. The smallest absolute Gasteiger partial charge is 0.271 e. The second-order valence-corrected chi connectivity index (χ2v) is 9.30. The Morgan fingerprint density at radius 2 is 1.66 bits per heavy atom. The van der Waals surface area contributed by atoms with Gasteiger partial charge in [0.2, 0.25) is 0 Å². The zero-order valence-electron chi connectivity index (χ0n) is 23.3. The molecule has 4 rings (SSSR count). The van der Waals surface area contributed by atoms with Gasteiger partial charge in [-0.1, -0.05) is 60.2 Å². The molecule has 210 valence electrons. The van der Waals surface area contributed by atoms with Crippen LogP contribution in [0.2, 0.25) is 0 Å². The zero-order valence-corrected chi connectivity index (χ0v) is 23.3. The average molecular weight is 552 g/mol. The van der Waals surface area contributed by atoms with Crippen molar-refractivity contribution in [3.8, 4) is 17.2 Å². The molecule has 8 heteroatoms. The minimum atomic E-state index is -0.396. The number of nitrogens with zero attached hydrogens (tertiary/aromatic N) is 1. The van der Waals surface area contributed by atoms with E-state index in [0.717, 1.165) is 22.4 Å². The molecular weight excluding hydrogens is 518 g/mol. The van der Waals surface area contributed by atoms with Crippen molar-refractivity contribution < 1.29 is 23.8 Å². The fraction of sp³-hybridized carbons (Fsp3) is 0.182. The van der Waals surface area contributed by atoms with E-state index in [-0.39, 0.29) is 12.5 Å². The molecular formula is C33H33N3O5. The van der Waals surface area contributed by atoms with Gasteiger partial charge < -0.3 is 19.5 Å². The fourth-order valence-corrected chi connectivity index (χ4v) is 3.98. The highest BCUT2D eigenvalue weighted by molar-refractivity contribution is 5.95. The first-order valence-electron chi connectivity index (χ1n) is 13.3. The first kappa shape index (κ1) is 28.9. The van der Waals surface area contributed by atoms with Crippen molar-refractivity contribution in [1.29, 1.82) is 0 Å². The maximum absolute atomic E-state index is 12.7. The summed E-state index contributed by atoms with van der Waals surface area (Å²) in [4.78, 5) is 25.1. The van der Waals surface area contributed by atoms with Crippen LogP contribution in [0.4, 0.5) is 5.69 Å². The predicted octanol–water partition coefficient (Wildman–Crippen LogP) is 6.06. The van der Waals surface area contributed by atoms with Crippen molar-refractivity contribution in [1.82, 2.24) is 5.43 Å². The monoisotopic (exact) mass is 551 g/mol. The Kier molecular flexibility index (Phi) is 10.1. The summed E-state index contributed by atoms with van der Waals surface area (Å²) in [5.41, 5.74) is 7.50. The molecule has 4 aromatic rings. The molecule has 0 aliphatic heterocycles. The normalized spacial score (nSPS) is 10.7. The van der Waals surface area contributed by atoms with E-state index < -0.39 is 5.91 Å². The molecule has 0 aliphatic carbocycles. The molecule has 2 N–H and O–H groups in total. The number of hydrogen-bond donors (Lipinski definition) is 2. The Labute approximate surface area is 240 Å². The van der Waals surface area contributed by atoms with Crippen LogP contribution in [-0.4, -0.2) is 31.2 Å². The van der Waals surface area contributed by atoms with Crippen molar-refractivity contribution >= 4 is 23.7 Å². The molecule has 0 bridgehead atoms. The second-order valence-electron chi connectivity index (χ2n) is 9.30. The van der Waals surface area contributed by atoms with Gasteiger partial charge in [0.25, 0.3) is 11.8 Å². The van der Waals surface area contributed by atoms with E-state index in [1.807, 2.05) is 75.4 Å². The van der Waals surface area contributed by atoms with Gasteiger partial charge in [0.1, 0.15) is 12.4 Å². The van der Waals surface area contributed by atoms with Crippen molar-refractivity contribution in [3.63, 3.8) is 0 Å². The number of aryl methyl sites for hydroxylation is 2. The Morgan fingerprint density at radius 3 is 2.44 bits per heavy atom. The predicted molar refractivity (Wildman–Crippen MR) is 160 cm³/mol. The van der Waals surface area contributed by atoms with Crippen LogP contribution in [-0.2, 0) is 11.4 Å². The maximum atomic E-state index is 12.7. The SMILES string of the molecule is CCOc1cc(C(=O)N/N=C/c2cccc(OCC(=O)Nc3ccc(C)cc3C)c2)ccc1OCc1ccccc1. The number of carbonyl (C=O) groups excluding carboxylic acids is 2. The van der Waals surface area contributed by atoms with Crippen molar-refractivity contribution in [2.24, 2.45) is 5.10 Å². The molecule has 8 nitrogen and oxygen atoms in total. The highest BCUT2D eigenvalue weighted by Gasteiger charge is 2.12. The van der Waals surface area contributed by atoms with Gasteiger partial charge in [0.05, 0.1) is 12.8 Å². The molecule has 0 aromatic heterocycles. The Bertz CT molecular complexity index is 1520. The molecule has 0 atom stereocenters. The van der Waals surface area contributed by atoms with Gasteiger partial charge in [-0.3, -0.25) is 9.59 Å². The van der Waals surface area contributed by atoms with E-state index in [1.165, 1.54) is 6.21 Å². The first-order valence-corrected chi connectivity index (χ1v) is 13.3. The molecule has 0 saturated heterocycles. The highest BCUT2D eigenvalue weighted by Crippen LogP contribution is 2.29. The van der Waals surface area contributed by atoms with Crippen LogP contribution in [0.15, 0.2) is 96.1 Å². The molecule has 2 amide bonds. The lowest BCUT2D eigenvalue weighted by Crippen LogP contribution is -2.20. The van der Waals surface area contributed by atoms with Crippen LogP contribution in [0.25, 0.3) is 0 Å².